The summed E-state index contributed by atoms with van der Waals surface area (Å²) in [6.45, 7) is 6.47. The highest BCUT2D eigenvalue weighted by molar-refractivity contribution is 5.14. The molecule has 2 bridgehead atoms. The van der Waals surface area contributed by atoms with Crippen LogP contribution in [0.25, 0.3) is 0 Å². The minimum absolute atomic E-state index is 0.462. The van der Waals surface area contributed by atoms with Crippen LogP contribution in [0.1, 0.15) is 56.7 Å². The van der Waals surface area contributed by atoms with E-state index in [2.05, 4.69) is 40.9 Å². The molecule has 4 heteroatoms. The zero-order chi connectivity index (χ0) is 11.3. The fraction of sp³-hybridized carbons (Fsp3) is 0.833. The lowest BCUT2D eigenvalue weighted by molar-refractivity contribution is 0.447. The Kier molecular flexibility index (Phi) is 2.28. The van der Waals surface area contributed by atoms with Gasteiger partial charge in [0.05, 0.1) is 0 Å². The van der Waals surface area contributed by atoms with Crippen molar-refractivity contribution in [2.75, 3.05) is 0 Å². The molecular weight excluding hydrogens is 200 g/mol. The molecule has 0 radical (unpaired) electrons. The van der Waals surface area contributed by atoms with E-state index < -0.39 is 0 Å². The van der Waals surface area contributed by atoms with Gasteiger partial charge in [-0.25, -0.2) is 0 Å². The average Bonchev–Trinajstić information content (AvgIpc) is 2.89. The molecule has 3 unspecified atom stereocenters. The van der Waals surface area contributed by atoms with Gasteiger partial charge in [0.25, 0.3) is 0 Å². The van der Waals surface area contributed by atoms with Gasteiger partial charge in [0.1, 0.15) is 11.6 Å². The summed E-state index contributed by atoms with van der Waals surface area (Å²) in [4.78, 5) is 0. The van der Waals surface area contributed by atoms with Crippen molar-refractivity contribution in [2.45, 2.75) is 64.1 Å². The molecule has 88 valence electrons. The Bertz CT molecular complexity index is 396. The minimum atomic E-state index is 0.462. The molecule has 0 aromatic carbocycles. The molecule has 0 amide bonds. The SMILES string of the molecule is Cc1nnc(C2CC3CCC2N3)n1C(C)C. The molecule has 2 fully saturated rings. The summed E-state index contributed by atoms with van der Waals surface area (Å²) in [6.07, 6.45) is 3.89. The third kappa shape index (κ3) is 1.39. The van der Waals surface area contributed by atoms with Crippen LogP contribution in [0.15, 0.2) is 0 Å². The third-order valence-corrected chi connectivity index (χ3v) is 4.04. The number of fused-ring (bicyclic) bond motifs is 2. The molecule has 1 N–H and O–H groups in total. The zero-order valence-corrected chi connectivity index (χ0v) is 10.3. The van der Waals surface area contributed by atoms with E-state index in [4.69, 9.17) is 0 Å². The van der Waals surface area contributed by atoms with E-state index in [9.17, 15) is 0 Å². The van der Waals surface area contributed by atoms with Crippen molar-refractivity contribution in [1.29, 1.82) is 0 Å². The van der Waals surface area contributed by atoms with Gasteiger partial charge in [-0.2, -0.15) is 0 Å². The second-order valence-electron chi connectivity index (χ2n) is 5.46. The molecule has 16 heavy (non-hydrogen) atoms. The van der Waals surface area contributed by atoms with Gasteiger partial charge in [-0.3, -0.25) is 0 Å². The maximum Gasteiger partial charge on any atom is 0.137 e. The highest BCUT2D eigenvalue weighted by Crippen LogP contribution is 2.39. The van der Waals surface area contributed by atoms with Gasteiger partial charge in [0.15, 0.2) is 0 Å². The van der Waals surface area contributed by atoms with Gasteiger partial charge < -0.3 is 9.88 Å². The van der Waals surface area contributed by atoms with Crippen LogP contribution in [-0.2, 0) is 0 Å². The Hall–Kier alpha value is -0.900. The Balaban J connectivity index is 1.95. The summed E-state index contributed by atoms with van der Waals surface area (Å²) in [7, 11) is 0. The maximum atomic E-state index is 4.41. The number of nitrogens with one attached hydrogen (secondary N) is 1. The van der Waals surface area contributed by atoms with E-state index >= 15 is 0 Å². The molecule has 3 atom stereocenters. The summed E-state index contributed by atoms with van der Waals surface area (Å²) < 4.78 is 2.30. The molecule has 3 rings (SSSR count). The molecule has 1 aromatic heterocycles. The van der Waals surface area contributed by atoms with E-state index in [1.807, 2.05) is 0 Å². The molecular formula is C12H20N4. The average molecular weight is 220 g/mol. The summed E-state index contributed by atoms with van der Waals surface area (Å²) in [5.41, 5.74) is 0. The summed E-state index contributed by atoms with van der Waals surface area (Å²) in [5, 5.41) is 12.3. The Morgan fingerprint density at radius 2 is 2.12 bits per heavy atom. The van der Waals surface area contributed by atoms with Gasteiger partial charge in [-0.05, 0) is 40.0 Å². The second kappa shape index (κ2) is 3.55. The summed E-state index contributed by atoms with van der Waals surface area (Å²) in [5.74, 6) is 2.84. The molecule has 0 saturated carbocycles. The van der Waals surface area contributed by atoms with Crippen LogP contribution in [0.5, 0.6) is 0 Å². The van der Waals surface area contributed by atoms with Gasteiger partial charge in [0.2, 0.25) is 0 Å². The van der Waals surface area contributed by atoms with Crippen molar-refractivity contribution < 1.29 is 0 Å². The quantitative estimate of drug-likeness (QED) is 0.826. The van der Waals surface area contributed by atoms with E-state index in [-0.39, 0.29) is 0 Å². The van der Waals surface area contributed by atoms with Crippen LogP contribution in [0.4, 0.5) is 0 Å². The lowest BCUT2D eigenvalue weighted by Crippen LogP contribution is -2.24. The normalized spacial score (nSPS) is 32.9. The van der Waals surface area contributed by atoms with Gasteiger partial charge in [-0.15, -0.1) is 10.2 Å². The van der Waals surface area contributed by atoms with Gasteiger partial charge >= 0.3 is 0 Å². The standard InChI is InChI=1S/C12H20N4/c1-7(2)16-8(3)14-15-12(16)10-6-9-4-5-11(10)13-9/h7,9-11,13H,4-6H2,1-3H3. The highest BCUT2D eigenvalue weighted by atomic mass is 15.3. The molecule has 0 spiro atoms. The van der Waals surface area contributed by atoms with Gasteiger partial charge in [-0.1, -0.05) is 0 Å². The zero-order valence-electron chi connectivity index (χ0n) is 10.3. The number of rotatable bonds is 2. The number of aromatic nitrogens is 3. The Labute approximate surface area is 96.4 Å². The van der Waals surface area contributed by atoms with Crippen molar-refractivity contribution in [1.82, 2.24) is 20.1 Å². The van der Waals surface area contributed by atoms with Crippen LogP contribution in [0.3, 0.4) is 0 Å². The van der Waals surface area contributed by atoms with Gasteiger partial charge in [0, 0.05) is 24.0 Å². The van der Waals surface area contributed by atoms with Crippen LogP contribution >= 0.6 is 0 Å². The molecule has 2 aliphatic rings. The van der Waals surface area contributed by atoms with Crippen LogP contribution in [0, 0.1) is 6.92 Å². The number of hydrogen-bond donors (Lipinski definition) is 1. The largest absolute Gasteiger partial charge is 0.312 e. The Morgan fingerprint density at radius 1 is 1.31 bits per heavy atom. The fourth-order valence-corrected chi connectivity index (χ4v) is 3.39. The lowest BCUT2D eigenvalue weighted by atomic mass is 9.88. The van der Waals surface area contributed by atoms with Crippen molar-refractivity contribution >= 4 is 0 Å². The monoisotopic (exact) mass is 220 g/mol. The summed E-state index contributed by atoms with van der Waals surface area (Å²) >= 11 is 0. The van der Waals surface area contributed by atoms with E-state index in [0.29, 0.717) is 18.0 Å². The van der Waals surface area contributed by atoms with E-state index in [1.54, 1.807) is 0 Å². The fourth-order valence-electron chi connectivity index (χ4n) is 3.39. The maximum absolute atomic E-state index is 4.41. The first kappa shape index (κ1) is 10.3. The first-order valence-electron chi connectivity index (χ1n) is 6.34. The molecule has 1 aromatic rings. The predicted octanol–water partition coefficient (Wildman–Crippen LogP) is 1.78. The van der Waals surface area contributed by atoms with E-state index in [0.717, 1.165) is 11.9 Å². The van der Waals surface area contributed by atoms with Crippen molar-refractivity contribution in [3.05, 3.63) is 11.6 Å². The molecule has 4 nitrogen and oxygen atoms in total. The number of hydrogen-bond acceptors (Lipinski definition) is 3. The second-order valence-corrected chi connectivity index (χ2v) is 5.46. The van der Waals surface area contributed by atoms with Crippen molar-refractivity contribution in [3.8, 4) is 0 Å². The first-order chi connectivity index (χ1) is 7.66. The Morgan fingerprint density at radius 3 is 2.69 bits per heavy atom. The van der Waals surface area contributed by atoms with Crippen LogP contribution < -0.4 is 5.32 Å². The third-order valence-electron chi connectivity index (χ3n) is 4.04. The van der Waals surface area contributed by atoms with Crippen molar-refractivity contribution in [2.24, 2.45) is 0 Å². The lowest BCUT2D eigenvalue weighted by Gasteiger charge is -2.22. The molecule has 2 saturated heterocycles. The van der Waals surface area contributed by atoms with Crippen LogP contribution in [-0.4, -0.2) is 26.8 Å². The minimum Gasteiger partial charge on any atom is -0.312 e. The summed E-state index contributed by atoms with van der Waals surface area (Å²) in [6, 6.07) is 1.84. The first-order valence-corrected chi connectivity index (χ1v) is 6.34. The smallest absolute Gasteiger partial charge is 0.137 e. The number of nitrogens with zero attached hydrogens (tertiary/aromatic N) is 3. The molecule has 0 aliphatic carbocycles. The van der Waals surface area contributed by atoms with Crippen molar-refractivity contribution in [3.63, 3.8) is 0 Å². The predicted molar refractivity (Wildman–Crippen MR) is 62.4 cm³/mol. The highest BCUT2D eigenvalue weighted by Gasteiger charge is 2.42. The number of aryl methyl sites for hydroxylation is 1. The molecule has 2 aliphatic heterocycles. The van der Waals surface area contributed by atoms with E-state index in [1.165, 1.54) is 25.1 Å². The molecule has 3 heterocycles. The topological polar surface area (TPSA) is 42.7 Å². The van der Waals surface area contributed by atoms with Crippen LogP contribution in [0.2, 0.25) is 0 Å².